The number of hydrogen-bond acceptors (Lipinski definition) is 3. The van der Waals surface area contributed by atoms with Crippen molar-refractivity contribution >= 4 is 0 Å². The summed E-state index contributed by atoms with van der Waals surface area (Å²) >= 11 is 0. The van der Waals surface area contributed by atoms with Crippen molar-refractivity contribution in [1.29, 1.82) is 0 Å². The summed E-state index contributed by atoms with van der Waals surface area (Å²) in [6.07, 6.45) is 8.69. The minimum atomic E-state index is -0.212. The fourth-order valence-electron chi connectivity index (χ4n) is 6.94. The van der Waals surface area contributed by atoms with Crippen molar-refractivity contribution in [2.24, 2.45) is 23.2 Å². The molecule has 0 heterocycles. The van der Waals surface area contributed by atoms with E-state index in [9.17, 15) is 5.11 Å². The second-order valence-corrected chi connectivity index (χ2v) is 13.5. The molecule has 3 nitrogen and oxygen atoms in total. The van der Waals surface area contributed by atoms with Crippen molar-refractivity contribution < 1.29 is 14.6 Å². The third kappa shape index (κ3) is 9.04. The maximum atomic E-state index is 9.80. The highest BCUT2D eigenvalue weighted by Crippen LogP contribution is 2.44. The molecule has 212 valence electrons. The molecule has 2 aromatic rings. The molecule has 1 aliphatic carbocycles. The van der Waals surface area contributed by atoms with Crippen LogP contribution in [0.2, 0.25) is 0 Å². The van der Waals surface area contributed by atoms with E-state index in [1.807, 2.05) is 19.1 Å². The Kier molecular flexibility index (Phi) is 11.2. The van der Waals surface area contributed by atoms with Gasteiger partial charge in [0.1, 0.15) is 11.5 Å². The highest BCUT2D eigenvalue weighted by atomic mass is 16.7. The molecule has 2 aromatic carbocycles. The van der Waals surface area contributed by atoms with Crippen LogP contribution < -0.4 is 4.74 Å². The number of aromatic hydroxyl groups is 1. The SMILES string of the molecule is CC(CC(C)C(c1ccc(O)cc1)C(C)(C)C)CC(c1ccc(OC(C)OC2CCCCC2)cc1)C(C)C. The van der Waals surface area contributed by atoms with Crippen LogP contribution in [0.4, 0.5) is 0 Å². The lowest BCUT2D eigenvalue weighted by molar-refractivity contribution is -0.116. The summed E-state index contributed by atoms with van der Waals surface area (Å²) in [5.41, 5.74) is 2.88. The number of ether oxygens (including phenoxy) is 2. The van der Waals surface area contributed by atoms with Crippen molar-refractivity contribution in [3.63, 3.8) is 0 Å². The molecule has 0 amide bonds. The first-order valence-electron chi connectivity index (χ1n) is 15.1. The predicted molar refractivity (Wildman–Crippen MR) is 160 cm³/mol. The van der Waals surface area contributed by atoms with E-state index in [0.717, 1.165) is 18.6 Å². The molecule has 0 saturated heterocycles. The minimum Gasteiger partial charge on any atom is -0.508 e. The van der Waals surface area contributed by atoms with Gasteiger partial charge in [-0.05, 0) is 103 Å². The summed E-state index contributed by atoms with van der Waals surface area (Å²) < 4.78 is 12.3. The van der Waals surface area contributed by atoms with Crippen LogP contribution >= 0.6 is 0 Å². The molecule has 0 aliphatic heterocycles. The van der Waals surface area contributed by atoms with Crippen molar-refractivity contribution in [2.45, 2.75) is 125 Å². The number of hydrogen-bond donors (Lipinski definition) is 1. The zero-order chi connectivity index (χ0) is 27.9. The molecule has 5 unspecified atom stereocenters. The largest absolute Gasteiger partial charge is 0.508 e. The summed E-state index contributed by atoms with van der Waals surface area (Å²) in [4.78, 5) is 0. The lowest BCUT2D eigenvalue weighted by Crippen LogP contribution is -2.26. The summed E-state index contributed by atoms with van der Waals surface area (Å²) in [6, 6.07) is 16.6. The first-order valence-corrected chi connectivity index (χ1v) is 15.1. The molecule has 5 atom stereocenters. The van der Waals surface area contributed by atoms with Gasteiger partial charge >= 0.3 is 0 Å². The lowest BCUT2D eigenvalue weighted by Gasteiger charge is -2.38. The third-order valence-electron chi connectivity index (χ3n) is 8.54. The first-order chi connectivity index (χ1) is 17.9. The summed E-state index contributed by atoms with van der Waals surface area (Å²) in [5, 5.41) is 9.80. The molecule has 1 N–H and O–H groups in total. The van der Waals surface area contributed by atoms with Gasteiger partial charge < -0.3 is 14.6 Å². The predicted octanol–water partition coefficient (Wildman–Crippen LogP) is 10.1. The van der Waals surface area contributed by atoms with E-state index in [2.05, 4.69) is 84.9 Å². The van der Waals surface area contributed by atoms with Gasteiger partial charge in [-0.2, -0.15) is 0 Å². The molecule has 0 radical (unpaired) electrons. The standard InChI is InChI=1S/C35H54O3/c1-24(2)33(28-16-20-32(21-17-28)38-27(5)37-31-12-10-9-11-13-31)23-25(3)22-26(4)34(35(6,7)8)29-14-18-30(36)19-15-29/h14-21,24-27,31,33-34,36H,9-13,22-23H2,1-8H3. The van der Waals surface area contributed by atoms with E-state index in [-0.39, 0.29) is 11.7 Å². The molecule has 1 aliphatic rings. The Balaban J connectivity index is 1.61. The smallest absolute Gasteiger partial charge is 0.197 e. The van der Waals surface area contributed by atoms with Crippen molar-refractivity contribution in [2.75, 3.05) is 0 Å². The van der Waals surface area contributed by atoms with Crippen molar-refractivity contribution in [1.82, 2.24) is 0 Å². The maximum absolute atomic E-state index is 9.80. The van der Waals surface area contributed by atoms with E-state index in [1.54, 1.807) is 0 Å². The Morgan fingerprint density at radius 2 is 1.37 bits per heavy atom. The number of phenols is 1. The van der Waals surface area contributed by atoms with E-state index in [4.69, 9.17) is 9.47 Å². The summed E-state index contributed by atoms with van der Waals surface area (Å²) in [6.45, 7) is 18.6. The maximum Gasteiger partial charge on any atom is 0.197 e. The molecule has 1 fully saturated rings. The quantitative estimate of drug-likeness (QED) is 0.282. The summed E-state index contributed by atoms with van der Waals surface area (Å²) in [5.74, 6) is 3.92. The molecular formula is C35H54O3. The van der Waals surface area contributed by atoms with Gasteiger partial charge in [-0.3, -0.25) is 0 Å². The normalized spacial score (nSPS) is 19.1. The van der Waals surface area contributed by atoms with Crippen LogP contribution in [-0.4, -0.2) is 17.5 Å². The fraction of sp³-hybridized carbons (Fsp3) is 0.657. The van der Waals surface area contributed by atoms with Crippen LogP contribution in [0.1, 0.15) is 123 Å². The molecule has 1 saturated carbocycles. The van der Waals surface area contributed by atoms with Gasteiger partial charge in [0.05, 0.1) is 6.10 Å². The zero-order valence-corrected chi connectivity index (χ0v) is 25.4. The summed E-state index contributed by atoms with van der Waals surface area (Å²) in [7, 11) is 0. The van der Waals surface area contributed by atoms with Crippen LogP contribution in [0, 0.1) is 23.2 Å². The van der Waals surface area contributed by atoms with Gasteiger partial charge in [-0.25, -0.2) is 0 Å². The average molecular weight is 523 g/mol. The molecule has 38 heavy (non-hydrogen) atoms. The Morgan fingerprint density at radius 3 is 1.92 bits per heavy atom. The highest BCUT2D eigenvalue weighted by Gasteiger charge is 2.32. The molecule has 0 spiro atoms. The van der Waals surface area contributed by atoms with Gasteiger partial charge in [0.2, 0.25) is 0 Å². The molecular weight excluding hydrogens is 468 g/mol. The van der Waals surface area contributed by atoms with Crippen LogP contribution in [0.3, 0.4) is 0 Å². The molecule has 0 bridgehead atoms. The fourth-order valence-corrected chi connectivity index (χ4v) is 6.94. The second kappa shape index (κ2) is 13.9. The minimum absolute atomic E-state index is 0.154. The first kappa shape index (κ1) is 30.5. The highest BCUT2D eigenvalue weighted by molar-refractivity contribution is 5.31. The lowest BCUT2D eigenvalue weighted by atomic mass is 9.67. The van der Waals surface area contributed by atoms with Crippen molar-refractivity contribution in [3.8, 4) is 11.5 Å². The number of phenolic OH excluding ortho intramolecular Hbond substituents is 1. The molecule has 0 aromatic heterocycles. The third-order valence-corrected chi connectivity index (χ3v) is 8.54. The van der Waals surface area contributed by atoms with Gasteiger partial charge in [0, 0.05) is 0 Å². The van der Waals surface area contributed by atoms with Crippen LogP contribution in [0.15, 0.2) is 48.5 Å². The topological polar surface area (TPSA) is 38.7 Å². The van der Waals surface area contributed by atoms with E-state index in [0.29, 0.717) is 41.4 Å². The Morgan fingerprint density at radius 1 is 0.789 bits per heavy atom. The zero-order valence-electron chi connectivity index (χ0n) is 25.4. The molecule has 3 rings (SSSR count). The average Bonchev–Trinajstić information content (AvgIpc) is 2.84. The monoisotopic (exact) mass is 522 g/mol. The van der Waals surface area contributed by atoms with E-state index < -0.39 is 0 Å². The van der Waals surface area contributed by atoms with Gasteiger partial charge in [-0.15, -0.1) is 0 Å². The van der Waals surface area contributed by atoms with Crippen LogP contribution in [0.5, 0.6) is 11.5 Å². The van der Waals surface area contributed by atoms with E-state index >= 15 is 0 Å². The van der Waals surface area contributed by atoms with Gasteiger partial charge in [0.15, 0.2) is 6.29 Å². The Labute approximate surface area is 233 Å². The van der Waals surface area contributed by atoms with Gasteiger partial charge in [-0.1, -0.05) is 92.0 Å². The van der Waals surface area contributed by atoms with Crippen LogP contribution in [-0.2, 0) is 4.74 Å². The second-order valence-electron chi connectivity index (χ2n) is 13.5. The van der Waals surface area contributed by atoms with E-state index in [1.165, 1.54) is 43.2 Å². The number of benzene rings is 2. The molecule has 3 heteroatoms. The Hall–Kier alpha value is -2.00. The van der Waals surface area contributed by atoms with Gasteiger partial charge in [0.25, 0.3) is 0 Å². The van der Waals surface area contributed by atoms with Crippen molar-refractivity contribution in [3.05, 3.63) is 59.7 Å². The Bertz CT molecular complexity index is 935. The van der Waals surface area contributed by atoms with Crippen LogP contribution in [0.25, 0.3) is 0 Å². The number of rotatable bonds is 12.